The first kappa shape index (κ1) is 14.5. The molecule has 0 spiro atoms. The van der Waals surface area contributed by atoms with Gasteiger partial charge in [-0.2, -0.15) is 0 Å². The van der Waals surface area contributed by atoms with Crippen molar-refractivity contribution in [3.8, 4) is 0 Å². The average molecular weight is 278 g/mol. The predicted molar refractivity (Wildman–Crippen MR) is 72.0 cm³/mol. The topological polar surface area (TPSA) is 89.9 Å². The summed E-state index contributed by atoms with van der Waals surface area (Å²) in [6.07, 6.45) is -1.84. The van der Waals surface area contributed by atoms with Crippen LogP contribution in [0.2, 0.25) is 0 Å². The number of hydrogen-bond acceptors (Lipinski definition) is 4. The molecule has 0 bridgehead atoms. The van der Waals surface area contributed by atoms with E-state index in [-0.39, 0.29) is 24.9 Å². The lowest BCUT2D eigenvalue weighted by atomic mass is 10.2. The van der Waals surface area contributed by atoms with Crippen molar-refractivity contribution in [3.63, 3.8) is 0 Å². The van der Waals surface area contributed by atoms with Crippen LogP contribution in [0.15, 0.2) is 30.3 Å². The Hall–Kier alpha value is -1.92. The molecule has 1 fully saturated rings. The zero-order chi connectivity index (χ0) is 14.7. The molecular weight excluding hydrogens is 260 g/mol. The molecule has 2 rings (SSSR count). The van der Waals surface area contributed by atoms with Crippen LogP contribution >= 0.6 is 0 Å². The number of aliphatic hydroxyl groups is 2. The highest BCUT2D eigenvalue weighted by Crippen LogP contribution is 2.11. The summed E-state index contributed by atoms with van der Waals surface area (Å²) in [4.78, 5) is 25.4. The van der Waals surface area contributed by atoms with Gasteiger partial charge in [0.05, 0.1) is 12.2 Å². The molecule has 1 aliphatic rings. The Morgan fingerprint density at radius 1 is 1.20 bits per heavy atom. The van der Waals surface area contributed by atoms with Gasteiger partial charge in [0.25, 0.3) is 5.91 Å². The van der Waals surface area contributed by atoms with Crippen molar-refractivity contribution in [1.82, 2.24) is 10.2 Å². The Labute approximate surface area is 117 Å². The minimum Gasteiger partial charge on any atom is -0.388 e. The monoisotopic (exact) mass is 278 g/mol. The standard InChI is InChI=1S/C14H18N2O4/c1-9(14(20)16-7-11(17)12(18)8-16)15-13(19)10-5-3-2-4-6-10/h2-6,9,11-12,17-18H,7-8H2,1H3,(H,15,19)/t9?,11-,12+. The number of β-amino-alcohol motifs (C(OH)–C–C–N with tert-alkyl or cyclic N) is 2. The van der Waals surface area contributed by atoms with Crippen molar-refractivity contribution < 1.29 is 19.8 Å². The lowest BCUT2D eigenvalue weighted by Crippen LogP contribution is -2.46. The van der Waals surface area contributed by atoms with Crippen molar-refractivity contribution in [2.75, 3.05) is 13.1 Å². The number of benzene rings is 1. The van der Waals surface area contributed by atoms with E-state index in [9.17, 15) is 19.8 Å². The normalized spacial score (nSPS) is 23.4. The second-order valence-corrected chi connectivity index (χ2v) is 4.94. The molecule has 1 aromatic rings. The molecule has 1 aliphatic heterocycles. The summed E-state index contributed by atoms with van der Waals surface area (Å²) < 4.78 is 0. The van der Waals surface area contributed by atoms with Crippen LogP contribution in [0.1, 0.15) is 17.3 Å². The van der Waals surface area contributed by atoms with Crippen LogP contribution in [0, 0.1) is 0 Å². The average Bonchev–Trinajstić information content (AvgIpc) is 2.78. The molecule has 1 aromatic carbocycles. The molecule has 0 radical (unpaired) electrons. The van der Waals surface area contributed by atoms with E-state index in [0.29, 0.717) is 5.56 Å². The molecule has 1 saturated heterocycles. The molecule has 2 amide bonds. The van der Waals surface area contributed by atoms with Crippen LogP contribution in [0.5, 0.6) is 0 Å². The first-order valence-corrected chi connectivity index (χ1v) is 6.50. The number of carbonyl (C=O) groups is 2. The van der Waals surface area contributed by atoms with Crippen molar-refractivity contribution in [1.29, 1.82) is 0 Å². The minimum absolute atomic E-state index is 0.0888. The van der Waals surface area contributed by atoms with E-state index in [1.807, 2.05) is 0 Å². The van der Waals surface area contributed by atoms with Gasteiger partial charge in [0.15, 0.2) is 0 Å². The highest BCUT2D eigenvalue weighted by molar-refractivity contribution is 5.97. The molecule has 0 aliphatic carbocycles. The molecule has 0 saturated carbocycles. The van der Waals surface area contributed by atoms with Crippen molar-refractivity contribution in [3.05, 3.63) is 35.9 Å². The smallest absolute Gasteiger partial charge is 0.251 e. The summed E-state index contributed by atoms with van der Waals surface area (Å²) in [7, 11) is 0. The number of likely N-dealkylation sites (tertiary alicyclic amines) is 1. The number of aliphatic hydroxyl groups excluding tert-OH is 2. The van der Waals surface area contributed by atoms with Gasteiger partial charge in [0.2, 0.25) is 5.91 Å². The Morgan fingerprint density at radius 3 is 2.30 bits per heavy atom. The van der Waals surface area contributed by atoms with Gasteiger partial charge in [-0.3, -0.25) is 9.59 Å². The fourth-order valence-corrected chi connectivity index (χ4v) is 2.15. The van der Waals surface area contributed by atoms with Gasteiger partial charge < -0.3 is 20.4 Å². The minimum atomic E-state index is -0.920. The SMILES string of the molecule is CC(NC(=O)c1ccccc1)C(=O)N1C[C@@H](O)[C@@H](O)C1. The van der Waals surface area contributed by atoms with Gasteiger partial charge >= 0.3 is 0 Å². The van der Waals surface area contributed by atoms with E-state index in [1.54, 1.807) is 37.3 Å². The van der Waals surface area contributed by atoms with Crippen LogP contribution in [0.4, 0.5) is 0 Å². The third kappa shape index (κ3) is 3.15. The van der Waals surface area contributed by atoms with Gasteiger partial charge in [-0.15, -0.1) is 0 Å². The molecular formula is C14H18N2O4. The summed E-state index contributed by atoms with van der Waals surface area (Å²) in [6.45, 7) is 1.76. The zero-order valence-corrected chi connectivity index (χ0v) is 11.2. The van der Waals surface area contributed by atoms with Gasteiger partial charge in [0, 0.05) is 18.7 Å². The number of rotatable bonds is 3. The van der Waals surface area contributed by atoms with Crippen LogP contribution in [-0.2, 0) is 4.79 Å². The van der Waals surface area contributed by atoms with E-state index in [2.05, 4.69) is 5.32 Å². The summed E-state index contributed by atoms with van der Waals surface area (Å²) in [5.41, 5.74) is 0.480. The van der Waals surface area contributed by atoms with Gasteiger partial charge in [0.1, 0.15) is 6.04 Å². The largest absolute Gasteiger partial charge is 0.388 e. The van der Waals surface area contributed by atoms with Gasteiger partial charge in [-0.1, -0.05) is 18.2 Å². The maximum atomic E-state index is 12.1. The van der Waals surface area contributed by atoms with Gasteiger partial charge in [-0.05, 0) is 19.1 Å². The van der Waals surface area contributed by atoms with Crippen molar-refractivity contribution in [2.24, 2.45) is 0 Å². The number of carbonyl (C=O) groups excluding carboxylic acids is 2. The second kappa shape index (κ2) is 6.02. The first-order valence-electron chi connectivity index (χ1n) is 6.50. The molecule has 3 N–H and O–H groups in total. The Bertz CT molecular complexity index is 481. The molecule has 108 valence electrons. The summed E-state index contributed by atoms with van der Waals surface area (Å²) in [5, 5.41) is 21.5. The first-order chi connectivity index (χ1) is 9.49. The second-order valence-electron chi connectivity index (χ2n) is 4.94. The van der Waals surface area contributed by atoms with E-state index < -0.39 is 18.2 Å². The van der Waals surface area contributed by atoms with Crippen LogP contribution in [-0.4, -0.2) is 58.3 Å². The Kier molecular flexibility index (Phi) is 4.36. The van der Waals surface area contributed by atoms with Crippen LogP contribution in [0.3, 0.4) is 0 Å². The van der Waals surface area contributed by atoms with E-state index in [0.717, 1.165) is 0 Å². The van der Waals surface area contributed by atoms with Crippen molar-refractivity contribution in [2.45, 2.75) is 25.2 Å². The molecule has 0 aromatic heterocycles. The fourth-order valence-electron chi connectivity index (χ4n) is 2.15. The maximum absolute atomic E-state index is 12.1. The quantitative estimate of drug-likeness (QED) is 0.686. The lowest BCUT2D eigenvalue weighted by Gasteiger charge is -2.21. The Morgan fingerprint density at radius 2 is 1.75 bits per heavy atom. The van der Waals surface area contributed by atoms with Crippen LogP contribution in [0.25, 0.3) is 0 Å². The van der Waals surface area contributed by atoms with E-state index >= 15 is 0 Å². The molecule has 1 unspecified atom stereocenters. The Balaban J connectivity index is 1.93. The summed E-state index contributed by atoms with van der Waals surface area (Å²) in [6, 6.07) is 7.91. The van der Waals surface area contributed by atoms with Gasteiger partial charge in [-0.25, -0.2) is 0 Å². The molecule has 6 heteroatoms. The van der Waals surface area contributed by atoms with E-state index in [1.165, 1.54) is 4.90 Å². The third-order valence-corrected chi connectivity index (χ3v) is 3.32. The number of nitrogens with one attached hydrogen (secondary N) is 1. The molecule has 6 nitrogen and oxygen atoms in total. The number of hydrogen-bond donors (Lipinski definition) is 3. The third-order valence-electron chi connectivity index (χ3n) is 3.32. The number of amides is 2. The lowest BCUT2D eigenvalue weighted by molar-refractivity contribution is -0.132. The summed E-state index contributed by atoms with van der Waals surface area (Å²) >= 11 is 0. The summed E-state index contributed by atoms with van der Waals surface area (Å²) in [5.74, 6) is -0.642. The molecule has 3 atom stereocenters. The van der Waals surface area contributed by atoms with E-state index in [4.69, 9.17) is 0 Å². The fraction of sp³-hybridized carbons (Fsp3) is 0.429. The highest BCUT2D eigenvalue weighted by Gasteiger charge is 2.34. The predicted octanol–water partition coefficient (Wildman–Crippen LogP) is -0.631. The highest BCUT2D eigenvalue weighted by atomic mass is 16.3. The maximum Gasteiger partial charge on any atom is 0.251 e. The molecule has 1 heterocycles. The van der Waals surface area contributed by atoms with Crippen molar-refractivity contribution >= 4 is 11.8 Å². The number of nitrogens with zero attached hydrogens (tertiary/aromatic N) is 1. The zero-order valence-electron chi connectivity index (χ0n) is 11.2. The van der Waals surface area contributed by atoms with Crippen LogP contribution < -0.4 is 5.32 Å². The molecule has 20 heavy (non-hydrogen) atoms.